The monoisotopic (exact) mass is 337 g/mol. The fourth-order valence-electron chi connectivity index (χ4n) is 4.92. The number of thiophene rings is 1. The van der Waals surface area contributed by atoms with E-state index in [1.54, 1.807) is 11.3 Å². The molecule has 1 unspecified atom stereocenters. The molecule has 0 aromatic carbocycles. The van der Waals surface area contributed by atoms with Crippen LogP contribution in [0.15, 0.2) is 23.8 Å². The Morgan fingerprint density at radius 3 is 2.83 bits per heavy atom. The molecule has 1 atom stereocenters. The predicted molar refractivity (Wildman–Crippen MR) is 96.2 cm³/mol. The highest BCUT2D eigenvalue weighted by atomic mass is 32.1. The van der Waals surface area contributed by atoms with E-state index in [2.05, 4.69) is 40.0 Å². The SMILES string of the molecule is C=C1c2sc(-c3cn[nH]c3C)cc2N=C2N1C21NC2CCC1CC2. The zero-order valence-electron chi connectivity index (χ0n) is 13.6. The van der Waals surface area contributed by atoms with Crippen LogP contribution in [-0.4, -0.2) is 32.6 Å². The lowest BCUT2D eigenvalue weighted by Crippen LogP contribution is -2.57. The van der Waals surface area contributed by atoms with Crippen LogP contribution in [0.25, 0.3) is 16.1 Å². The molecular weight excluding hydrogens is 318 g/mol. The number of aryl methyl sites for hydroxylation is 1. The average molecular weight is 337 g/mol. The van der Waals surface area contributed by atoms with E-state index in [0.717, 1.165) is 22.6 Å². The first-order valence-corrected chi connectivity index (χ1v) is 9.50. The third-order valence-corrected chi connectivity index (χ3v) is 7.37. The molecule has 2 bridgehead atoms. The first-order valence-electron chi connectivity index (χ1n) is 8.69. The summed E-state index contributed by atoms with van der Waals surface area (Å²) in [4.78, 5) is 9.81. The maximum atomic E-state index is 5.03. The van der Waals surface area contributed by atoms with Gasteiger partial charge in [-0.2, -0.15) is 5.10 Å². The molecule has 6 heteroatoms. The topological polar surface area (TPSA) is 56.1 Å². The standard InChI is InChI=1S/C18H19N5S/c1-9-13(8-19-22-9)15-7-14-16(24-15)10(2)23-17(20-14)18(23)11-3-5-12(21-18)6-4-11/h7-8,11-12,21H,2-6H2,1H3,(H,19,22). The Kier molecular flexibility index (Phi) is 2.33. The van der Waals surface area contributed by atoms with Crippen LogP contribution in [0, 0.1) is 12.8 Å². The van der Waals surface area contributed by atoms with Crippen LogP contribution in [0.1, 0.15) is 36.3 Å². The quantitative estimate of drug-likeness (QED) is 0.781. The van der Waals surface area contributed by atoms with E-state index in [-0.39, 0.29) is 5.66 Å². The molecule has 0 radical (unpaired) electrons. The largest absolute Gasteiger partial charge is 0.299 e. The molecule has 2 N–H and O–H groups in total. The Labute approximate surface area is 144 Å². The van der Waals surface area contributed by atoms with Crippen LogP contribution in [0.3, 0.4) is 0 Å². The van der Waals surface area contributed by atoms with E-state index < -0.39 is 0 Å². The number of nitrogens with one attached hydrogen (secondary N) is 2. The van der Waals surface area contributed by atoms with Crippen molar-refractivity contribution in [1.82, 2.24) is 20.4 Å². The van der Waals surface area contributed by atoms with E-state index in [1.165, 1.54) is 41.3 Å². The van der Waals surface area contributed by atoms with Gasteiger partial charge in [-0.25, -0.2) is 4.99 Å². The van der Waals surface area contributed by atoms with Crippen molar-refractivity contribution >= 4 is 28.6 Å². The molecule has 3 saturated heterocycles. The van der Waals surface area contributed by atoms with Crippen molar-refractivity contribution in [3.05, 3.63) is 29.4 Å². The first-order chi connectivity index (χ1) is 11.7. The Hall–Kier alpha value is -1.92. The second-order valence-electron chi connectivity index (χ2n) is 7.41. The summed E-state index contributed by atoms with van der Waals surface area (Å²) in [7, 11) is 0. The fraction of sp³-hybridized carbons (Fsp3) is 0.444. The lowest BCUT2D eigenvalue weighted by atomic mass is 9.75. The summed E-state index contributed by atoms with van der Waals surface area (Å²) in [5, 5.41) is 11.0. The summed E-state index contributed by atoms with van der Waals surface area (Å²) in [5.41, 5.74) is 4.44. The van der Waals surface area contributed by atoms with Gasteiger partial charge in [0.1, 0.15) is 0 Å². The summed E-state index contributed by atoms with van der Waals surface area (Å²) in [6, 6.07) is 2.85. The normalized spacial score (nSPS) is 32.8. The molecule has 4 aliphatic heterocycles. The molecule has 2 aromatic rings. The zero-order valence-corrected chi connectivity index (χ0v) is 14.4. The highest BCUT2D eigenvalue weighted by Gasteiger charge is 2.69. The van der Waals surface area contributed by atoms with Gasteiger partial charge in [0.25, 0.3) is 0 Å². The highest BCUT2D eigenvalue weighted by Crippen LogP contribution is 2.59. The minimum absolute atomic E-state index is 0.0112. The maximum absolute atomic E-state index is 5.03. The smallest absolute Gasteiger partial charge is 0.159 e. The Morgan fingerprint density at radius 2 is 2.17 bits per heavy atom. The van der Waals surface area contributed by atoms with Crippen molar-refractivity contribution in [2.24, 2.45) is 10.9 Å². The minimum atomic E-state index is -0.0112. The van der Waals surface area contributed by atoms with Crippen LogP contribution in [0.4, 0.5) is 5.69 Å². The first kappa shape index (κ1) is 13.4. The van der Waals surface area contributed by atoms with Crippen LogP contribution >= 0.6 is 11.3 Å². The number of amidine groups is 1. The lowest BCUT2D eigenvalue weighted by molar-refractivity contribution is 0.112. The van der Waals surface area contributed by atoms with Crippen molar-refractivity contribution in [2.45, 2.75) is 44.3 Å². The van der Waals surface area contributed by atoms with Gasteiger partial charge >= 0.3 is 0 Å². The van der Waals surface area contributed by atoms with Crippen LogP contribution < -0.4 is 5.32 Å². The van der Waals surface area contributed by atoms with Gasteiger partial charge in [-0.15, -0.1) is 11.3 Å². The number of fused-ring (bicyclic) bond motifs is 4. The minimum Gasteiger partial charge on any atom is -0.299 e. The van der Waals surface area contributed by atoms with Crippen molar-refractivity contribution in [3.8, 4) is 10.4 Å². The van der Waals surface area contributed by atoms with Gasteiger partial charge in [0.15, 0.2) is 11.5 Å². The van der Waals surface area contributed by atoms with E-state index in [4.69, 9.17) is 4.99 Å². The third-order valence-electron chi connectivity index (χ3n) is 6.16. The summed E-state index contributed by atoms with van der Waals surface area (Å²) in [6.07, 6.45) is 7.14. The molecule has 2 aromatic heterocycles. The van der Waals surface area contributed by atoms with Crippen LogP contribution in [0.2, 0.25) is 0 Å². The number of hydrogen-bond acceptors (Lipinski definition) is 5. The number of piperidine rings is 2. The lowest BCUT2D eigenvalue weighted by Gasteiger charge is -2.43. The van der Waals surface area contributed by atoms with E-state index >= 15 is 0 Å². The van der Waals surface area contributed by atoms with Gasteiger partial charge < -0.3 is 0 Å². The zero-order chi connectivity index (χ0) is 16.1. The molecule has 6 heterocycles. The number of aromatic nitrogens is 2. The van der Waals surface area contributed by atoms with Gasteiger partial charge in [-0.3, -0.25) is 15.3 Å². The third kappa shape index (κ3) is 1.45. The van der Waals surface area contributed by atoms with Crippen molar-refractivity contribution < 1.29 is 0 Å². The molecule has 0 amide bonds. The maximum Gasteiger partial charge on any atom is 0.159 e. The van der Waals surface area contributed by atoms with E-state index in [0.29, 0.717) is 12.0 Å². The Balaban J connectivity index is 1.44. The van der Waals surface area contributed by atoms with E-state index in [1.807, 2.05) is 6.20 Å². The van der Waals surface area contributed by atoms with Crippen molar-refractivity contribution in [3.63, 3.8) is 0 Å². The summed E-state index contributed by atoms with van der Waals surface area (Å²) in [6.45, 7) is 6.48. The summed E-state index contributed by atoms with van der Waals surface area (Å²) in [5.74, 6) is 1.88. The molecule has 122 valence electrons. The average Bonchev–Trinajstić information content (AvgIpc) is 2.95. The molecule has 1 aliphatic carbocycles. The molecule has 5 nitrogen and oxygen atoms in total. The predicted octanol–water partition coefficient (Wildman–Crippen LogP) is 3.63. The van der Waals surface area contributed by atoms with Gasteiger partial charge in [0.2, 0.25) is 0 Å². The van der Waals surface area contributed by atoms with Crippen molar-refractivity contribution in [2.75, 3.05) is 0 Å². The Morgan fingerprint density at radius 1 is 1.33 bits per heavy atom. The number of nitrogens with zero attached hydrogens (tertiary/aromatic N) is 3. The second kappa shape index (κ2) is 4.18. The number of aliphatic imine (C=N–C) groups is 1. The van der Waals surface area contributed by atoms with Crippen LogP contribution in [0.5, 0.6) is 0 Å². The van der Waals surface area contributed by atoms with Gasteiger partial charge in [-0.1, -0.05) is 6.58 Å². The molecule has 5 aliphatic rings. The Bertz CT molecular complexity index is 914. The van der Waals surface area contributed by atoms with Gasteiger partial charge in [0.05, 0.1) is 22.5 Å². The fourth-order valence-corrected chi connectivity index (χ4v) is 6.05. The summed E-state index contributed by atoms with van der Waals surface area (Å²) >= 11 is 1.78. The highest BCUT2D eigenvalue weighted by molar-refractivity contribution is 7.17. The number of rotatable bonds is 1. The van der Waals surface area contributed by atoms with Crippen molar-refractivity contribution in [1.29, 1.82) is 0 Å². The van der Waals surface area contributed by atoms with E-state index in [9.17, 15) is 0 Å². The molecular formula is C18H19N5S. The molecule has 1 saturated carbocycles. The van der Waals surface area contributed by atoms with Gasteiger partial charge in [0, 0.05) is 28.1 Å². The number of hydrogen-bond donors (Lipinski definition) is 2. The molecule has 24 heavy (non-hydrogen) atoms. The summed E-state index contributed by atoms with van der Waals surface area (Å²) < 4.78 is 0. The molecule has 1 spiro atoms. The molecule has 7 rings (SSSR count). The number of H-pyrrole nitrogens is 1. The van der Waals surface area contributed by atoms with Crippen LogP contribution in [-0.2, 0) is 0 Å². The molecule has 4 fully saturated rings. The number of aromatic amines is 1. The van der Waals surface area contributed by atoms with Gasteiger partial charge in [-0.05, 0) is 38.7 Å². The second-order valence-corrected chi connectivity index (χ2v) is 8.46.